The van der Waals surface area contributed by atoms with Crippen molar-refractivity contribution in [2.24, 2.45) is 0 Å². The fraction of sp³-hybridized carbons (Fsp3) is 0.316. The molecular weight excluding hydrogens is 403 g/mol. The van der Waals surface area contributed by atoms with Crippen molar-refractivity contribution in [2.45, 2.75) is 25.6 Å². The number of pyridine rings is 1. The topological polar surface area (TPSA) is 71.4 Å². The van der Waals surface area contributed by atoms with Crippen molar-refractivity contribution in [3.63, 3.8) is 0 Å². The van der Waals surface area contributed by atoms with E-state index in [1.54, 1.807) is 6.20 Å². The number of rotatable bonds is 5. The van der Waals surface area contributed by atoms with Crippen molar-refractivity contribution in [3.8, 4) is 16.3 Å². The highest BCUT2D eigenvalue weighted by Gasteiger charge is 2.22. The highest BCUT2D eigenvalue weighted by molar-refractivity contribution is 7.14. The number of piperidine rings is 1. The molecule has 0 spiro atoms. The van der Waals surface area contributed by atoms with E-state index in [2.05, 4.69) is 20.1 Å². The molecule has 1 aliphatic rings. The average molecular weight is 421 g/mol. The number of halogens is 2. The number of anilines is 1. The number of aliphatic hydroxyl groups excluding tert-OH is 1. The molecule has 2 aromatic heterocycles. The van der Waals surface area contributed by atoms with E-state index in [0.29, 0.717) is 15.8 Å². The van der Waals surface area contributed by atoms with Gasteiger partial charge in [-0.15, -0.1) is 10.2 Å². The second-order valence-corrected chi connectivity index (χ2v) is 7.91. The van der Waals surface area contributed by atoms with Gasteiger partial charge in [-0.2, -0.15) is 0 Å². The molecule has 1 N–H and O–H groups in total. The zero-order chi connectivity index (χ0) is 19.5. The van der Waals surface area contributed by atoms with Gasteiger partial charge in [0.1, 0.15) is 33.5 Å². The van der Waals surface area contributed by atoms with E-state index in [-0.39, 0.29) is 18.5 Å². The first-order valence-electron chi connectivity index (χ1n) is 8.88. The van der Waals surface area contributed by atoms with Gasteiger partial charge in [0, 0.05) is 43.8 Å². The van der Waals surface area contributed by atoms with Gasteiger partial charge in [-0.25, -0.2) is 9.37 Å². The van der Waals surface area contributed by atoms with Crippen molar-refractivity contribution in [1.82, 2.24) is 15.2 Å². The van der Waals surface area contributed by atoms with E-state index in [1.165, 1.54) is 29.5 Å². The summed E-state index contributed by atoms with van der Waals surface area (Å²) in [6.07, 6.45) is 3.36. The summed E-state index contributed by atoms with van der Waals surface area (Å²) in [5, 5.41) is 18.8. The van der Waals surface area contributed by atoms with Crippen LogP contribution < -0.4 is 9.64 Å². The van der Waals surface area contributed by atoms with Crippen LogP contribution in [0.3, 0.4) is 0 Å². The van der Waals surface area contributed by atoms with Crippen LogP contribution in [0.15, 0.2) is 36.5 Å². The van der Waals surface area contributed by atoms with E-state index in [9.17, 15) is 4.39 Å². The number of benzene rings is 1. The minimum absolute atomic E-state index is 0.00637. The van der Waals surface area contributed by atoms with E-state index in [4.69, 9.17) is 21.4 Å². The molecule has 0 atom stereocenters. The Labute approximate surface area is 170 Å². The van der Waals surface area contributed by atoms with Gasteiger partial charge in [0.15, 0.2) is 0 Å². The first kappa shape index (κ1) is 19.0. The maximum absolute atomic E-state index is 13.4. The number of hydrogen-bond donors (Lipinski definition) is 1. The average Bonchev–Trinajstić information content (AvgIpc) is 3.21. The van der Waals surface area contributed by atoms with Gasteiger partial charge in [0.25, 0.3) is 0 Å². The number of aromatic nitrogens is 3. The van der Waals surface area contributed by atoms with Gasteiger partial charge in [-0.3, -0.25) is 0 Å². The predicted molar refractivity (Wildman–Crippen MR) is 106 cm³/mol. The number of hydrogen-bond acceptors (Lipinski definition) is 7. The van der Waals surface area contributed by atoms with Crippen LogP contribution >= 0.6 is 22.9 Å². The Bertz CT molecular complexity index is 945. The van der Waals surface area contributed by atoms with Gasteiger partial charge in [-0.05, 0) is 24.3 Å². The summed E-state index contributed by atoms with van der Waals surface area (Å²) in [5.74, 6) is 0.919. The van der Waals surface area contributed by atoms with Crippen LogP contribution in [0.25, 0.3) is 10.6 Å². The fourth-order valence-corrected chi connectivity index (χ4v) is 3.94. The molecule has 3 heterocycles. The molecule has 4 rings (SSSR count). The molecule has 0 amide bonds. The zero-order valence-corrected chi connectivity index (χ0v) is 16.5. The van der Waals surface area contributed by atoms with Gasteiger partial charge >= 0.3 is 0 Å². The lowest BCUT2D eigenvalue weighted by Crippen LogP contribution is -2.38. The normalized spacial score (nSPS) is 15.0. The molecule has 0 saturated carbocycles. The molecule has 3 aromatic rings. The molecule has 28 heavy (non-hydrogen) atoms. The number of ether oxygens (including phenoxy) is 1. The van der Waals surface area contributed by atoms with Crippen molar-refractivity contribution < 1.29 is 14.2 Å². The molecule has 9 heteroatoms. The summed E-state index contributed by atoms with van der Waals surface area (Å²) in [7, 11) is 0. The van der Waals surface area contributed by atoms with Crippen LogP contribution in [-0.2, 0) is 6.61 Å². The Morgan fingerprint density at radius 2 is 2.04 bits per heavy atom. The molecule has 0 unspecified atom stereocenters. The summed E-state index contributed by atoms with van der Waals surface area (Å²) >= 11 is 7.43. The minimum atomic E-state index is -0.359. The molecular formula is C19H18ClFN4O2S. The lowest BCUT2D eigenvalue weighted by Gasteiger charge is -2.33. The summed E-state index contributed by atoms with van der Waals surface area (Å²) in [6, 6.07) is 8.07. The standard InChI is InChI=1S/C19H18ClFN4O2S/c20-15-3-2-13(21)9-16(15)27-14-5-7-25(8-6-14)17-4-1-12(10-22-17)19-24-23-18(11-26)28-19/h1-4,9-10,14,26H,5-8,11H2. The first-order chi connectivity index (χ1) is 13.6. The van der Waals surface area contributed by atoms with E-state index in [0.717, 1.165) is 42.3 Å². The summed E-state index contributed by atoms with van der Waals surface area (Å²) in [6.45, 7) is 1.47. The second kappa shape index (κ2) is 8.38. The van der Waals surface area contributed by atoms with Crippen molar-refractivity contribution in [3.05, 3.63) is 52.4 Å². The van der Waals surface area contributed by atoms with Gasteiger partial charge in [0.05, 0.1) is 11.6 Å². The van der Waals surface area contributed by atoms with Crippen LogP contribution in [0.5, 0.6) is 5.75 Å². The summed E-state index contributed by atoms with van der Waals surface area (Å²) < 4.78 is 19.3. The van der Waals surface area contributed by atoms with Gasteiger partial charge in [-0.1, -0.05) is 22.9 Å². The predicted octanol–water partition coefficient (Wildman–Crippen LogP) is 3.93. The Balaban J connectivity index is 1.36. The SMILES string of the molecule is OCc1nnc(-c2ccc(N3CCC(Oc4cc(F)ccc4Cl)CC3)nc2)s1. The number of aliphatic hydroxyl groups is 1. The zero-order valence-electron chi connectivity index (χ0n) is 14.9. The van der Waals surface area contributed by atoms with Crippen LogP contribution in [0, 0.1) is 5.82 Å². The van der Waals surface area contributed by atoms with E-state index < -0.39 is 0 Å². The Kier molecular flexibility index (Phi) is 5.70. The minimum Gasteiger partial charge on any atom is -0.489 e. The second-order valence-electron chi connectivity index (χ2n) is 6.44. The van der Waals surface area contributed by atoms with Crippen LogP contribution in [0.2, 0.25) is 5.02 Å². The molecule has 0 radical (unpaired) electrons. The Morgan fingerprint density at radius 3 is 2.71 bits per heavy atom. The molecule has 1 saturated heterocycles. The third kappa shape index (κ3) is 4.24. The van der Waals surface area contributed by atoms with Crippen LogP contribution in [0.1, 0.15) is 17.8 Å². The third-order valence-corrected chi connectivity index (χ3v) is 5.82. The lowest BCUT2D eigenvalue weighted by atomic mass is 10.1. The largest absolute Gasteiger partial charge is 0.489 e. The molecule has 1 fully saturated rings. The van der Waals surface area contributed by atoms with Crippen molar-refractivity contribution in [1.29, 1.82) is 0 Å². The first-order valence-corrected chi connectivity index (χ1v) is 10.1. The van der Waals surface area contributed by atoms with Crippen molar-refractivity contribution >= 4 is 28.8 Å². The lowest BCUT2D eigenvalue weighted by molar-refractivity contribution is 0.170. The van der Waals surface area contributed by atoms with Crippen LogP contribution in [0.4, 0.5) is 10.2 Å². The third-order valence-electron chi connectivity index (χ3n) is 4.55. The molecule has 0 aliphatic carbocycles. The van der Waals surface area contributed by atoms with Gasteiger partial charge in [0.2, 0.25) is 0 Å². The maximum atomic E-state index is 13.4. The fourth-order valence-electron chi connectivity index (χ4n) is 3.08. The molecule has 0 bridgehead atoms. The monoisotopic (exact) mass is 420 g/mol. The van der Waals surface area contributed by atoms with E-state index in [1.807, 2.05) is 12.1 Å². The molecule has 6 nitrogen and oxygen atoms in total. The quantitative estimate of drug-likeness (QED) is 0.674. The molecule has 1 aliphatic heterocycles. The number of nitrogens with zero attached hydrogens (tertiary/aromatic N) is 4. The molecule has 146 valence electrons. The maximum Gasteiger partial charge on any atom is 0.149 e. The van der Waals surface area contributed by atoms with Crippen molar-refractivity contribution in [2.75, 3.05) is 18.0 Å². The Morgan fingerprint density at radius 1 is 1.21 bits per heavy atom. The van der Waals surface area contributed by atoms with Gasteiger partial charge < -0.3 is 14.7 Å². The highest BCUT2D eigenvalue weighted by Crippen LogP contribution is 2.29. The smallest absolute Gasteiger partial charge is 0.149 e. The molecule has 1 aromatic carbocycles. The van der Waals surface area contributed by atoms with E-state index >= 15 is 0 Å². The summed E-state index contributed by atoms with van der Waals surface area (Å²) in [5.41, 5.74) is 0.875. The highest BCUT2D eigenvalue weighted by atomic mass is 35.5. The Hall–Kier alpha value is -2.29. The van der Waals surface area contributed by atoms with Crippen LogP contribution in [-0.4, -0.2) is 39.5 Å². The summed E-state index contributed by atoms with van der Waals surface area (Å²) in [4.78, 5) is 6.73.